The Morgan fingerprint density at radius 3 is 2.36 bits per heavy atom. The molecule has 1 aromatic rings. The zero-order valence-electron chi connectivity index (χ0n) is 8.22. The van der Waals surface area contributed by atoms with Gasteiger partial charge >= 0.3 is 0 Å². The molecule has 1 heterocycles. The van der Waals surface area contributed by atoms with Crippen molar-refractivity contribution in [3.63, 3.8) is 0 Å². The molecule has 0 aromatic carbocycles. The summed E-state index contributed by atoms with van der Waals surface area (Å²) in [6, 6.07) is 2.11. The van der Waals surface area contributed by atoms with E-state index >= 15 is 0 Å². The molecule has 0 fully saturated rings. The van der Waals surface area contributed by atoms with E-state index in [1.165, 1.54) is 5.56 Å². The van der Waals surface area contributed by atoms with Gasteiger partial charge in [0.15, 0.2) is 0 Å². The van der Waals surface area contributed by atoms with E-state index in [1.807, 2.05) is 0 Å². The highest BCUT2D eigenvalue weighted by Crippen LogP contribution is 2.07. The van der Waals surface area contributed by atoms with E-state index < -0.39 is 0 Å². The van der Waals surface area contributed by atoms with E-state index in [-0.39, 0.29) is 13.2 Å². The fraction of sp³-hybridized carbons (Fsp3) is 0.600. The van der Waals surface area contributed by atoms with Gasteiger partial charge in [-0.05, 0) is 28.8 Å². The van der Waals surface area contributed by atoms with Gasteiger partial charge in [-0.2, -0.15) is 11.3 Å². The van der Waals surface area contributed by atoms with Crippen molar-refractivity contribution in [1.29, 1.82) is 0 Å². The fourth-order valence-corrected chi connectivity index (χ4v) is 2.04. The zero-order chi connectivity index (χ0) is 10.2. The van der Waals surface area contributed by atoms with Crippen molar-refractivity contribution in [3.8, 4) is 0 Å². The monoisotopic (exact) mass is 215 g/mol. The van der Waals surface area contributed by atoms with Crippen LogP contribution in [-0.4, -0.2) is 48.0 Å². The van der Waals surface area contributed by atoms with Gasteiger partial charge < -0.3 is 10.2 Å². The highest BCUT2D eigenvalue weighted by atomic mass is 32.1. The molecule has 0 aliphatic rings. The lowest BCUT2D eigenvalue weighted by Gasteiger charge is -2.19. The average Bonchev–Trinajstić information content (AvgIpc) is 2.67. The average molecular weight is 215 g/mol. The van der Waals surface area contributed by atoms with Crippen LogP contribution in [0.3, 0.4) is 0 Å². The second-order valence-electron chi connectivity index (χ2n) is 3.17. The first-order valence-corrected chi connectivity index (χ1v) is 5.76. The maximum atomic E-state index is 8.80. The number of hydrogen-bond donors (Lipinski definition) is 2. The van der Waals surface area contributed by atoms with Crippen LogP contribution in [-0.2, 0) is 6.42 Å². The lowest BCUT2D eigenvalue weighted by atomic mass is 10.2. The molecule has 4 heteroatoms. The van der Waals surface area contributed by atoms with Gasteiger partial charge in [0.05, 0.1) is 13.2 Å². The Balaban J connectivity index is 2.25. The van der Waals surface area contributed by atoms with E-state index in [4.69, 9.17) is 10.2 Å². The van der Waals surface area contributed by atoms with Crippen LogP contribution >= 0.6 is 11.3 Å². The molecule has 0 unspecified atom stereocenters. The van der Waals surface area contributed by atoms with Crippen molar-refractivity contribution in [2.24, 2.45) is 0 Å². The molecule has 2 N–H and O–H groups in total. The van der Waals surface area contributed by atoms with E-state index in [9.17, 15) is 0 Å². The molecule has 0 atom stereocenters. The smallest absolute Gasteiger partial charge is 0.0558 e. The molecule has 0 amide bonds. The van der Waals surface area contributed by atoms with E-state index in [2.05, 4.69) is 21.7 Å². The van der Waals surface area contributed by atoms with Gasteiger partial charge in [-0.25, -0.2) is 0 Å². The molecule has 1 rings (SSSR count). The minimum Gasteiger partial charge on any atom is -0.395 e. The summed E-state index contributed by atoms with van der Waals surface area (Å²) in [6.45, 7) is 2.50. The summed E-state index contributed by atoms with van der Waals surface area (Å²) in [4.78, 5) is 2.07. The van der Waals surface area contributed by atoms with Crippen molar-refractivity contribution in [2.45, 2.75) is 6.42 Å². The molecule has 1 aromatic heterocycles. The summed E-state index contributed by atoms with van der Waals surface area (Å²) in [5.74, 6) is 0. The summed E-state index contributed by atoms with van der Waals surface area (Å²) in [6.07, 6.45) is 0.990. The lowest BCUT2D eigenvalue weighted by Crippen LogP contribution is -2.31. The van der Waals surface area contributed by atoms with Crippen molar-refractivity contribution >= 4 is 11.3 Å². The van der Waals surface area contributed by atoms with Crippen LogP contribution in [0.1, 0.15) is 5.56 Å². The molecule has 0 aliphatic heterocycles. The predicted octanol–water partition coefficient (Wildman–Crippen LogP) is 0.577. The van der Waals surface area contributed by atoms with Crippen LogP contribution < -0.4 is 0 Å². The van der Waals surface area contributed by atoms with Crippen LogP contribution in [0.15, 0.2) is 16.8 Å². The normalized spacial score (nSPS) is 11.1. The summed E-state index contributed by atoms with van der Waals surface area (Å²) < 4.78 is 0. The van der Waals surface area contributed by atoms with Gasteiger partial charge in [-0.15, -0.1) is 0 Å². The first-order valence-electron chi connectivity index (χ1n) is 4.82. The Morgan fingerprint density at radius 1 is 1.14 bits per heavy atom. The third-order valence-electron chi connectivity index (χ3n) is 2.13. The summed E-state index contributed by atoms with van der Waals surface area (Å²) in [5.41, 5.74) is 1.33. The lowest BCUT2D eigenvalue weighted by molar-refractivity contribution is 0.162. The molecule has 0 radical (unpaired) electrons. The minimum atomic E-state index is 0.156. The second-order valence-corrected chi connectivity index (χ2v) is 3.95. The number of thiophene rings is 1. The Hall–Kier alpha value is -0.420. The predicted molar refractivity (Wildman–Crippen MR) is 58.6 cm³/mol. The first kappa shape index (κ1) is 11.7. The number of rotatable bonds is 7. The molecule has 3 nitrogen and oxygen atoms in total. The molecule has 14 heavy (non-hydrogen) atoms. The number of aliphatic hydroxyl groups is 2. The second kappa shape index (κ2) is 6.95. The Kier molecular flexibility index (Phi) is 5.78. The standard InChI is InChI=1S/C10H17NO2S/c12-6-4-11(5-7-13)3-1-10-2-8-14-9-10/h2,8-9,12-13H,1,3-7H2. The summed E-state index contributed by atoms with van der Waals surface area (Å²) in [5, 5.41) is 21.8. The van der Waals surface area contributed by atoms with Crippen molar-refractivity contribution in [1.82, 2.24) is 4.90 Å². The van der Waals surface area contributed by atoms with E-state index in [0.29, 0.717) is 13.1 Å². The molecule has 0 saturated heterocycles. The van der Waals surface area contributed by atoms with Gasteiger partial charge in [0, 0.05) is 19.6 Å². The van der Waals surface area contributed by atoms with E-state index in [1.54, 1.807) is 11.3 Å². The van der Waals surface area contributed by atoms with Crippen LogP contribution in [0, 0.1) is 0 Å². The quantitative estimate of drug-likeness (QED) is 0.699. The van der Waals surface area contributed by atoms with Gasteiger partial charge in [-0.3, -0.25) is 4.90 Å². The Labute approximate surface area is 88.6 Å². The number of hydrogen-bond acceptors (Lipinski definition) is 4. The van der Waals surface area contributed by atoms with Crippen molar-refractivity contribution in [3.05, 3.63) is 22.4 Å². The molecule has 0 bridgehead atoms. The van der Waals surface area contributed by atoms with Crippen LogP contribution in [0.5, 0.6) is 0 Å². The Morgan fingerprint density at radius 2 is 1.86 bits per heavy atom. The molecule has 0 saturated carbocycles. The van der Waals surface area contributed by atoms with Crippen molar-refractivity contribution < 1.29 is 10.2 Å². The molecule has 0 aliphatic carbocycles. The summed E-state index contributed by atoms with van der Waals surface area (Å²) >= 11 is 1.70. The Bertz CT molecular complexity index is 220. The maximum Gasteiger partial charge on any atom is 0.0558 e. The highest BCUT2D eigenvalue weighted by Gasteiger charge is 2.03. The van der Waals surface area contributed by atoms with Crippen LogP contribution in [0.4, 0.5) is 0 Å². The van der Waals surface area contributed by atoms with Gasteiger partial charge in [0.25, 0.3) is 0 Å². The summed E-state index contributed by atoms with van der Waals surface area (Å²) in [7, 11) is 0. The molecule has 80 valence electrons. The fourth-order valence-electron chi connectivity index (χ4n) is 1.34. The largest absolute Gasteiger partial charge is 0.395 e. The van der Waals surface area contributed by atoms with Gasteiger partial charge in [0.1, 0.15) is 0 Å². The topological polar surface area (TPSA) is 43.7 Å². The number of nitrogens with zero attached hydrogens (tertiary/aromatic N) is 1. The zero-order valence-corrected chi connectivity index (χ0v) is 9.04. The highest BCUT2D eigenvalue weighted by molar-refractivity contribution is 7.07. The van der Waals surface area contributed by atoms with Crippen LogP contribution in [0.25, 0.3) is 0 Å². The van der Waals surface area contributed by atoms with Crippen molar-refractivity contribution in [2.75, 3.05) is 32.8 Å². The maximum absolute atomic E-state index is 8.80. The van der Waals surface area contributed by atoms with Crippen LogP contribution in [0.2, 0.25) is 0 Å². The molecule has 0 spiro atoms. The van der Waals surface area contributed by atoms with E-state index in [0.717, 1.165) is 13.0 Å². The molecular formula is C10H17NO2S. The third kappa shape index (κ3) is 4.19. The van der Waals surface area contributed by atoms with Gasteiger partial charge in [-0.1, -0.05) is 0 Å². The number of aliphatic hydroxyl groups excluding tert-OH is 2. The first-order chi connectivity index (χ1) is 6.86. The van der Waals surface area contributed by atoms with Gasteiger partial charge in [0.2, 0.25) is 0 Å². The minimum absolute atomic E-state index is 0.156. The molecular weight excluding hydrogens is 198 g/mol. The SMILES string of the molecule is OCCN(CCO)CCc1ccsc1. The third-order valence-corrected chi connectivity index (χ3v) is 2.86.